The average molecular weight is 300 g/mol. The van der Waals surface area contributed by atoms with Gasteiger partial charge in [-0.3, -0.25) is 18.7 Å². The van der Waals surface area contributed by atoms with Crippen molar-refractivity contribution in [2.24, 2.45) is 11.7 Å². The molecule has 0 aromatic carbocycles. The molecule has 1 saturated carbocycles. The van der Waals surface area contributed by atoms with E-state index in [2.05, 4.69) is 4.98 Å². The topological polar surface area (TPSA) is 82.9 Å². The van der Waals surface area contributed by atoms with Crippen molar-refractivity contribution in [2.45, 2.75) is 50.7 Å². The Morgan fingerprint density at radius 2 is 1.91 bits per heavy atom. The standard InChI is InChI=1S/C16H20N4O2/c17-11-3-1-10(2-4-11)7-12-9-19-14(21)6-5-13-16(19)20(12)15(22)8-18-13/h5-6,8,10-12H,1-4,7,9,17H2/t10?,11?,12-/m1/s1. The van der Waals surface area contributed by atoms with E-state index in [4.69, 9.17) is 5.73 Å². The van der Waals surface area contributed by atoms with Gasteiger partial charge in [-0.25, -0.2) is 4.98 Å². The molecule has 2 aliphatic rings. The highest BCUT2D eigenvalue weighted by Crippen LogP contribution is 2.33. The zero-order chi connectivity index (χ0) is 15.3. The molecule has 1 aliphatic carbocycles. The van der Waals surface area contributed by atoms with Gasteiger partial charge < -0.3 is 5.73 Å². The lowest BCUT2D eigenvalue weighted by molar-refractivity contribution is 0.266. The number of hydrogen-bond acceptors (Lipinski definition) is 4. The van der Waals surface area contributed by atoms with Crippen molar-refractivity contribution in [3.8, 4) is 0 Å². The zero-order valence-corrected chi connectivity index (χ0v) is 12.4. The lowest BCUT2D eigenvalue weighted by atomic mass is 9.82. The molecule has 2 N–H and O–H groups in total. The lowest BCUT2D eigenvalue weighted by Gasteiger charge is -2.28. The summed E-state index contributed by atoms with van der Waals surface area (Å²) in [4.78, 5) is 28.5. The number of pyridine rings is 1. The van der Waals surface area contributed by atoms with E-state index in [9.17, 15) is 9.59 Å². The minimum atomic E-state index is -0.109. The Bertz CT molecular complexity index is 825. The number of aromatic nitrogens is 3. The van der Waals surface area contributed by atoms with Gasteiger partial charge >= 0.3 is 0 Å². The third kappa shape index (κ3) is 2.09. The van der Waals surface area contributed by atoms with Gasteiger partial charge in [0.25, 0.3) is 11.1 Å². The molecule has 1 aliphatic heterocycles. The van der Waals surface area contributed by atoms with Gasteiger partial charge in [-0.15, -0.1) is 0 Å². The van der Waals surface area contributed by atoms with Crippen LogP contribution >= 0.6 is 0 Å². The molecule has 0 bridgehead atoms. The number of hydrogen-bond donors (Lipinski definition) is 1. The molecule has 22 heavy (non-hydrogen) atoms. The Kier molecular flexibility index (Phi) is 3.14. The van der Waals surface area contributed by atoms with Crippen LogP contribution in [0.3, 0.4) is 0 Å². The van der Waals surface area contributed by atoms with E-state index in [0.717, 1.165) is 32.1 Å². The molecule has 3 heterocycles. The molecule has 0 spiro atoms. The van der Waals surface area contributed by atoms with Crippen LogP contribution in [0.1, 0.15) is 38.1 Å². The van der Waals surface area contributed by atoms with Crippen LogP contribution in [0, 0.1) is 5.92 Å². The SMILES string of the molecule is NC1CCC(C[C@@H]2Cn3c(=O)ccc4ncc(=O)n2c43)CC1. The lowest BCUT2D eigenvalue weighted by Crippen LogP contribution is -2.29. The highest BCUT2D eigenvalue weighted by Gasteiger charge is 2.30. The van der Waals surface area contributed by atoms with E-state index in [1.54, 1.807) is 15.2 Å². The summed E-state index contributed by atoms with van der Waals surface area (Å²) < 4.78 is 3.47. The van der Waals surface area contributed by atoms with Crippen LogP contribution in [0.25, 0.3) is 11.2 Å². The fourth-order valence-electron chi connectivity index (χ4n) is 4.01. The molecule has 0 unspecified atom stereocenters. The normalized spacial score (nSPS) is 27.4. The molecule has 6 heteroatoms. The summed E-state index contributed by atoms with van der Waals surface area (Å²) in [6, 6.07) is 3.63. The van der Waals surface area contributed by atoms with E-state index >= 15 is 0 Å². The Labute approximate surface area is 127 Å². The summed E-state index contributed by atoms with van der Waals surface area (Å²) in [6.07, 6.45) is 6.66. The second-order valence-corrected chi connectivity index (χ2v) is 6.63. The first-order valence-electron chi connectivity index (χ1n) is 8.00. The van der Waals surface area contributed by atoms with Crippen molar-refractivity contribution in [2.75, 3.05) is 0 Å². The van der Waals surface area contributed by atoms with Crippen LogP contribution < -0.4 is 16.9 Å². The van der Waals surface area contributed by atoms with Crippen LogP contribution in [0.5, 0.6) is 0 Å². The second-order valence-electron chi connectivity index (χ2n) is 6.63. The third-order valence-corrected chi connectivity index (χ3v) is 5.17. The summed E-state index contributed by atoms with van der Waals surface area (Å²) in [7, 11) is 0. The van der Waals surface area contributed by atoms with Gasteiger partial charge in [0.2, 0.25) is 0 Å². The molecule has 2 aromatic rings. The molecular weight excluding hydrogens is 280 g/mol. The summed E-state index contributed by atoms with van der Waals surface area (Å²) in [5.41, 5.74) is 7.20. The first kappa shape index (κ1) is 13.7. The van der Waals surface area contributed by atoms with E-state index in [1.165, 1.54) is 12.3 Å². The maximum Gasteiger partial charge on any atom is 0.270 e. The van der Waals surface area contributed by atoms with E-state index in [0.29, 0.717) is 29.7 Å². The minimum Gasteiger partial charge on any atom is -0.328 e. The van der Waals surface area contributed by atoms with E-state index in [-0.39, 0.29) is 17.2 Å². The molecule has 6 nitrogen and oxygen atoms in total. The van der Waals surface area contributed by atoms with E-state index < -0.39 is 0 Å². The highest BCUT2D eigenvalue weighted by atomic mass is 16.1. The van der Waals surface area contributed by atoms with Gasteiger partial charge in [-0.1, -0.05) is 0 Å². The summed E-state index contributed by atoms with van der Waals surface area (Å²) in [5, 5.41) is 0. The molecular formula is C16H20N4O2. The van der Waals surface area contributed by atoms with Crippen molar-refractivity contribution >= 4 is 11.2 Å². The van der Waals surface area contributed by atoms with Crippen LogP contribution in [-0.2, 0) is 6.54 Å². The van der Waals surface area contributed by atoms with Crippen molar-refractivity contribution in [3.05, 3.63) is 39.0 Å². The highest BCUT2D eigenvalue weighted by molar-refractivity contribution is 5.71. The molecule has 4 rings (SSSR count). The van der Waals surface area contributed by atoms with Gasteiger partial charge in [-0.05, 0) is 44.1 Å². The van der Waals surface area contributed by atoms with Crippen LogP contribution in [-0.4, -0.2) is 20.2 Å². The Morgan fingerprint density at radius 1 is 1.14 bits per heavy atom. The van der Waals surface area contributed by atoms with Crippen LogP contribution in [0.2, 0.25) is 0 Å². The predicted molar refractivity (Wildman–Crippen MR) is 83.9 cm³/mol. The first-order chi connectivity index (χ1) is 10.6. The Morgan fingerprint density at radius 3 is 2.68 bits per heavy atom. The minimum absolute atomic E-state index is 0.0539. The first-order valence-corrected chi connectivity index (χ1v) is 8.00. The molecule has 0 saturated heterocycles. The van der Waals surface area contributed by atoms with Crippen LogP contribution in [0.15, 0.2) is 27.9 Å². The molecule has 0 radical (unpaired) electrons. The van der Waals surface area contributed by atoms with Crippen molar-refractivity contribution in [1.29, 1.82) is 0 Å². The monoisotopic (exact) mass is 300 g/mol. The molecule has 1 atom stereocenters. The van der Waals surface area contributed by atoms with Gasteiger partial charge in [0, 0.05) is 18.7 Å². The van der Waals surface area contributed by atoms with E-state index in [1.807, 2.05) is 0 Å². The van der Waals surface area contributed by atoms with Gasteiger partial charge in [0.15, 0.2) is 0 Å². The molecule has 116 valence electrons. The number of rotatable bonds is 2. The predicted octanol–water partition coefficient (Wildman–Crippen LogP) is 1.02. The zero-order valence-electron chi connectivity index (χ0n) is 12.4. The fraction of sp³-hybridized carbons (Fsp3) is 0.562. The molecule has 2 aromatic heterocycles. The quantitative estimate of drug-likeness (QED) is 0.897. The third-order valence-electron chi connectivity index (χ3n) is 5.17. The second kappa shape index (κ2) is 5.05. The summed E-state index contributed by atoms with van der Waals surface area (Å²) in [5.74, 6) is 0.588. The number of nitrogens with two attached hydrogens (primary N) is 1. The Balaban J connectivity index is 1.71. The van der Waals surface area contributed by atoms with Gasteiger partial charge in [-0.2, -0.15) is 0 Å². The average Bonchev–Trinajstić information content (AvgIpc) is 2.89. The summed E-state index contributed by atoms with van der Waals surface area (Å²) >= 11 is 0. The molecule has 1 fully saturated rings. The van der Waals surface area contributed by atoms with Crippen molar-refractivity contribution < 1.29 is 0 Å². The number of nitrogens with zero attached hydrogens (tertiary/aromatic N) is 3. The van der Waals surface area contributed by atoms with Crippen molar-refractivity contribution in [1.82, 2.24) is 14.1 Å². The molecule has 0 amide bonds. The Hall–Kier alpha value is -1.95. The van der Waals surface area contributed by atoms with Gasteiger partial charge in [0.1, 0.15) is 11.2 Å². The fourth-order valence-corrected chi connectivity index (χ4v) is 4.01. The smallest absolute Gasteiger partial charge is 0.270 e. The van der Waals surface area contributed by atoms with Crippen molar-refractivity contribution in [3.63, 3.8) is 0 Å². The maximum absolute atomic E-state index is 12.3. The maximum atomic E-state index is 12.3. The van der Waals surface area contributed by atoms with Crippen LogP contribution in [0.4, 0.5) is 0 Å². The largest absolute Gasteiger partial charge is 0.328 e. The summed E-state index contributed by atoms with van der Waals surface area (Å²) in [6.45, 7) is 0.583. The van der Waals surface area contributed by atoms with Gasteiger partial charge in [0.05, 0.1) is 12.2 Å².